The van der Waals surface area contributed by atoms with Gasteiger partial charge in [0.15, 0.2) is 0 Å². The molecule has 94 valence electrons. The third kappa shape index (κ3) is 2.66. The molecule has 1 aromatic carbocycles. The first-order valence-electron chi connectivity index (χ1n) is 5.54. The van der Waals surface area contributed by atoms with Crippen molar-refractivity contribution in [3.63, 3.8) is 0 Å². The fourth-order valence-electron chi connectivity index (χ4n) is 1.71. The van der Waals surface area contributed by atoms with Gasteiger partial charge in [0, 0.05) is 15.2 Å². The standard InChI is InChI=1S/C13H12BrIN2O/c1-8(2)17-12(11(14)7-16-17)13(18)9-4-3-5-10(15)6-9/h3-8H,1-2H3. The molecular weight excluding hydrogens is 407 g/mol. The third-order valence-electron chi connectivity index (χ3n) is 2.54. The van der Waals surface area contributed by atoms with Crippen molar-refractivity contribution < 1.29 is 4.79 Å². The van der Waals surface area contributed by atoms with E-state index in [-0.39, 0.29) is 11.8 Å². The van der Waals surface area contributed by atoms with Gasteiger partial charge in [0.2, 0.25) is 5.78 Å². The van der Waals surface area contributed by atoms with Gasteiger partial charge in [-0.05, 0) is 64.5 Å². The van der Waals surface area contributed by atoms with E-state index in [4.69, 9.17) is 0 Å². The fraction of sp³-hybridized carbons (Fsp3) is 0.231. The summed E-state index contributed by atoms with van der Waals surface area (Å²) in [5, 5.41) is 4.23. The minimum absolute atomic E-state index is 0.00779. The maximum Gasteiger partial charge on any atom is 0.212 e. The van der Waals surface area contributed by atoms with Gasteiger partial charge in [-0.15, -0.1) is 0 Å². The third-order valence-corrected chi connectivity index (χ3v) is 3.79. The molecule has 0 spiro atoms. The monoisotopic (exact) mass is 418 g/mol. The van der Waals surface area contributed by atoms with Crippen molar-refractivity contribution in [3.05, 3.63) is 49.8 Å². The average Bonchev–Trinajstić information content (AvgIpc) is 2.70. The van der Waals surface area contributed by atoms with E-state index in [0.717, 1.165) is 8.04 Å². The van der Waals surface area contributed by atoms with Gasteiger partial charge in [0.25, 0.3) is 0 Å². The molecular formula is C13H12BrIN2O. The van der Waals surface area contributed by atoms with Crippen LogP contribution in [0.3, 0.4) is 0 Å². The Morgan fingerprint density at radius 3 is 2.78 bits per heavy atom. The summed E-state index contributed by atoms with van der Waals surface area (Å²) < 4.78 is 3.52. The average molecular weight is 419 g/mol. The molecule has 18 heavy (non-hydrogen) atoms. The Kier molecular flexibility index (Phi) is 4.21. The molecule has 2 aromatic rings. The smallest absolute Gasteiger partial charge is 0.212 e. The molecule has 0 aliphatic carbocycles. The summed E-state index contributed by atoms with van der Waals surface area (Å²) >= 11 is 5.60. The topological polar surface area (TPSA) is 34.9 Å². The predicted octanol–water partition coefficient (Wildman–Crippen LogP) is 4.06. The molecule has 0 unspecified atom stereocenters. The van der Waals surface area contributed by atoms with Crippen LogP contribution in [0.4, 0.5) is 0 Å². The van der Waals surface area contributed by atoms with Gasteiger partial charge >= 0.3 is 0 Å². The minimum atomic E-state index is -0.00779. The van der Waals surface area contributed by atoms with E-state index in [2.05, 4.69) is 43.6 Å². The minimum Gasteiger partial charge on any atom is -0.287 e. The molecule has 1 heterocycles. The van der Waals surface area contributed by atoms with Gasteiger partial charge < -0.3 is 0 Å². The Morgan fingerprint density at radius 2 is 2.17 bits per heavy atom. The van der Waals surface area contributed by atoms with Gasteiger partial charge in [0.1, 0.15) is 5.69 Å². The highest BCUT2D eigenvalue weighted by Gasteiger charge is 2.20. The predicted molar refractivity (Wildman–Crippen MR) is 82.9 cm³/mol. The summed E-state index contributed by atoms with van der Waals surface area (Å²) in [6.07, 6.45) is 1.67. The molecule has 0 N–H and O–H groups in total. The Labute approximate surface area is 128 Å². The molecule has 1 aromatic heterocycles. The van der Waals surface area contributed by atoms with Crippen molar-refractivity contribution in [2.24, 2.45) is 0 Å². The highest BCUT2D eigenvalue weighted by molar-refractivity contribution is 14.1. The lowest BCUT2D eigenvalue weighted by atomic mass is 10.1. The van der Waals surface area contributed by atoms with Crippen LogP contribution in [0.5, 0.6) is 0 Å². The van der Waals surface area contributed by atoms with Crippen LogP contribution in [0.15, 0.2) is 34.9 Å². The molecule has 0 aliphatic rings. The molecule has 0 fully saturated rings. The Bertz CT molecular complexity index is 592. The molecule has 0 saturated heterocycles. The summed E-state index contributed by atoms with van der Waals surface area (Å²) in [4.78, 5) is 12.5. The van der Waals surface area contributed by atoms with Crippen LogP contribution in [-0.2, 0) is 0 Å². The number of hydrogen-bond donors (Lipinski definition) is 0. The van der Waals surface area contributed by atoms with Crippen LogP contribution in [0.2, 0.25) is 0 Å². The van der Waals surface area contributed by atoms with E-state index in [1.807, 2.05) is 38.1 Å². The van der Waals surface area contributed by atoms with Crippen molar-refractivity contribution in [1.82, 2.24) is 9.78 Å². The number of halogens is 2. The van der Waals surface area contributed by atoms with E-state index in [1.54, 1.807) is 10.9 Å². The Morgan fingerprint density at radius 1 is 1.44 bits per heavy atom. The van der Waals surface area contributed by atoms with Gasteiger partial charge in [-0.1, -0.05) is 12.1 Å². The van der Waals surface area contributed by atoms with Gasteiger partial charge in [-0.3, -0.25) is 9.48 Å². The highest BCUT2D eigenvalue weighted by Crippen LogP contribution is 2.23. The lowest BCUT2D eigenvalue weighted by Crippen LogP contribution is -2.14. The first-order valence-corrected chi connectivity index (χ1v) is 7.41. The number of benzene rings is 1. The zero-order valence-electron chi connectivity index (χ0n) is 10.0. The molecule has 0 bridgehead atoms. The lowest BCUT2D eigenvalue weighted by Gasteiger charge is -2.10. The molecule has 2 rings (SSSR count). The zero-order chi connectivity index (χ0) is 13.3. The molecule has 0 radical (unpaired) electrons. The maximum absolute atomic E-state index is 12.5. The summed E-state index contributed by atoms with van der Waals surface area (Å²) in [5.74, 6) is -0.00779. The van der Waals surface area contributed by atoms with Crippen LogP contribution < -0.4 is 0 Å². The zero-order valence-corrected chi connectivity index (χ0v) is 13.8. The first kappa shape index (κ1) is 13.7. The fourth-order valence-corrected chi connectivity index (χ4v) is 2.71. The number of aromatic nitrogens is 2. The van der Waals surface area contributed by atoms with Crippen molar-refractivity contribution in [2.45, 2.75) is 19.9 Å². The lowest BCUT2D eigenvalue weighted by molar-refractivity contribution is 0.102. The number of nitrogens with zero attached hydrogens (tertiary/aromatic N) is 2. The second kappa shape index (κ2) is 5.52. The van der Waals surface area contributed by atoms with Crippen molar-refractivity contribution in [3.8, 4) is 0 Å². The van der Waals surface area contributed by atoms with Crippen molar-refractivity contribution >= 4 is 44.3 Å². The number of carbonyl (C=O) groups excluding carboxylic acids is 1. The normalized spacial score (nSPS) is 10.9. The van der Waals surface area contributed by atoms with E-state index < -0.39 is 0 Å². The maximum atomic E-state index is 12.5. The summed E-state index contributed by atoms with van der Waals surface area (Å²) in [5.41, 5.74) is 1.29. The number of carbonyl (C=O) groups is 1. The number of rotatable bonds is 3. The molecule has 5 heteroatoms. The van der Waals surface area contributed by atoms with E-state index in [1.165, 1.54) is 0 Å². The second-order valence-corrected chi connectivity index (χ2v) is 6.32. The number of ketones is 1. The summed E-state index contributed by atoms with van der Waals surface area (Å²) in [6, 6.07) is 7.71. The van der Waals surface area contributed by atoms with Crippen molar-refractivity contribution in [2.75, 3.05) is 0 Å². The largest absolute Gasteiger partial charge is 0.287 e. The van der Waals surface area contributed by atoms with Crippen LogP contribution in [-0.4, -0.2) is 15.6 Å². The van der Waals surface area contributed by atoms with Crippen LogP contribution in [0, 0.1) is 3.57 Å². The van der Waals surface area contributed by atoms with Crippen LogP contribution >= 0.6 is 38.5 Å². The van der Waals surface area contributed by atoms with Gasteiger partial charge in [0.05, 0.1) is 10.7 Å². The van der Waals surface area contributed by atoms with Crippen LogP contribution in [0.25, 0.3) is 0 Å². The van der Waals surface area contributed by atoms with Crippen molar-refractivity contribution in [1.29, 1.82) is 0 Å². The van der Waals surface area contributed by atoms with E-state index in [9.17, 15) is 4.79 Å². The molecule has 0 amide bonds. The van der Waals surface area contributed by atoms with Gasteiger partial charge in [-0.25, -0.2) is 0 Å². The van der Waals surface area contributed by atoms with E-state index in [0.29, 0.717) is 11.3 Å². The summed E-state index contributed by atoms with van der Waals surface area (Å²) in [6.45, 7) is 4.01. The molecule has 0 atom stereocenters. The quantitative estimate of drug-likeness (QED) is 0.556. The number of hydrogen-bond acceptors (Lipinski definition) is 2. The molecule has 3 nitrogen and oxygen atoms in total. The van der Waals surface area contributed by atoms with Gasteiger partial charge in [-0.2, -0.15) is 5.10 Å². The Balaban J connectivity index is 2.49. The SMILES string of the molecule is CC(C)n1ncc(Br)c1C(=O)c1cccc(I)c1. The molecule has 0 aliphatic heterocycles. The summed E-state index contributed by atoms with van der Waals surface area (Å²) in [7, 11) is 0. The van der Waals surface area contributed by atoms with E-state index >= 15 is 0 Å². The Hall–Kier alpha value is -0.690. The highest BCUT2D eigenvalue weighted by atomic mass is 127. The van der Waals surface area contributed by atoms with Crippen LogP contribution in [0.1, 0.15) is 35.9 Å². The first-order chi connectivity index (χ1) is 8.50. The molecule has 0 saturated carbocycles. The second-order valence-electron chi connectivity index (χ2n) is 4.22.